The smallest absolute Gasteiger partial charge is 0.0930 e. The monoisotopic (exact) mass is 237 g/mol. The van der Waals surface area contributed by atoms with Crippen molar-refractivity contribution in [3.63, 3.8) is 0 Å². The minimum atomic E-state index is 0.426. The van der Waals surface area contributed by atoms with Crippen LogP contribution in [-0.2, 0) is 6.54 Å². The van der Waals surface area contributed by atoms with Crippen LogP contribution >= 0.6 is 15.9 Å². The number of fused-ring (bicyclic) bond motifs is 1. The lowest BCUT2D eigenvalue weighted by atomic mass is 10.2. The minimum absolute atomic E-state index is 0.426. The summed E-state index contributed by atoms with van der Waals surface area (Å²) in [7, 11) is 0. The van der Waals surface area contributed by atoms with E-state index >= 15 is 0 Å². The predicted molar refractivity (Wildman–Crippen MR) is 55.1 cm³/mol. The van der Waals surface area contributed by atoms with E-state index < -0.39 is 0 Å². The fraction of sp³-hybridized carbons (Fsp3) is 0.111. The molecule has 0 unspecified atom stereocenters. The lowest BCUT2D eigenvalue weighted by molar-refractivity contribution is 0.920. The Kier molecular flexibility index (Phi) is 2.24. The highest BCUT2D eigenvalue weighted by molar-refractivity contribution is 9.10. The van der Waals surface area contributed by atoms with Crippen molar-refractivity contribution < 1.29 is 0 Å². The molecular weight excluding hydrogens is 230 g/mol. The van der Waals surface area contributed by atoms with E-state index in [0.717, 1.165) is 21.1 Å². The number of rotatable bonds is 1. The molecular formula is C9H8BrN3. The fourth-order valence-corrected chi connectivity index (χ4v) is 1.54. The van der Waals surface area contributed by atoms with E-state index in [2.05, 4.69) is 26.1 Å². The Morgan fingerprint density at radius 1 is 1.23 bits per heavy atom. The van der Waals surface area contributed by atoms with Crippen LogP contribution in [0.25, 0.3) is 10.9 Å². The molecule has 4 heteroatoms. The molecule has 1 heterocycles. The Morgan fingerprint density at radius 3 is 2.85 bits per heavy atom. The highest BCUT2D eigenvalue weighted by atomic mass is 79.9. The summed E-state index contributed by atoms with van der Waals surface area (Å²) in [6.45, 7) is 0.426. The van der Waals surface area contributed by atoms with Crippen LogP contribution in [0.5, 0.6) is 0 Å². The average molecular weight is 238 g/mol. The van der Waals surface area contributed by atoms with E-state index in [1.807, 2.05) is 24.3 Å². The maximum absolute atomic E-state index is 5.46. The van der Waals surface area contributed by atoms with E-state index in [1.54, 1.807) is 0 Å². The van der Waals surface area contributed by atoms with Crippen LogP contribution in [0, 0.1) is 0 Å². The van der Waals surface area contributed by atoms with Crippen LogP contribution in [0.2, 0.25) is 0 Å². The van der Waals surface area contributed by atoms with Crippen molar-refractivity contribution in [2.45, 2.75) is 6.54 Å². The van der Waals surface area contributed by atoms with Crippen LogP contribution in [-0.4, -0.2) is 10.2 Å². The summed E-state index contributed by atoms with van der Waals surface area (Å²) in [5, 5.41) is 9.07. The molecule has 2 aromatic rings. The molecule has 1 aromatic heterocycles. The zero-order chi connectivity index (χ0) is 9.26. The number of nitrogens with zero attached hydrogens (tertiary/aromatic N) is 2. The van der Waals surface area contributed by atoms with Crippen LogP contribution in [0.1, 0.15) is 5.69 Å². The van der Waals surface area contributed by atoms with Gasteiger partial charge in [-0.15, -0.1) is 0 Å². The van der Waals surface area contributed by atoms with Crippen molar-refractivity contribution in [3.05, 3.63) is 34.4 Å². The Balaban J connectivity index is 2.68. The maximum Gasteiger partial charge on any atom is 0.0930 e. The quantitative estimate of drug-likeness (QED) is 0.824. The second-order valence-corrected chi connectivity index (χ2v) is 3.66. The van der Waals surface area contributed by atoms with Gasteiger partial charge in [-0.25, -0.2) is 0 Å². The Morgan fingerprint density at radius 2 is 2.08 bits per heavy atom. The van der Waals surface area contributed by atoms with Crippen molar-refractivity contribution in [1.29, 1.82) is 0 Å². The van der Waals surface area contributed by atoms with E-state index in [1.165, 1.54) is 0 Å². The second-order valence-electron chi connectivity index (χ2n) is 2.74. The van der Waals surface area contributed by atoms with Gasteiger partial charge >= 0.3 is 0 Å². The number of aromatic nitrogens is 2. The number of benzene rings is 1. The first-order valence-electron chi connectivity index (χ1n) is 3.91. The SMILES string of the molecule is NCc1cc2cc(Br)ccc2nn1. The summed E-state index contributed by atoms with van der Waals surface area (Å²) in [6.07, 6.45) is 0. The molecule has 0 saturated heterocycles. The zero-order valence-electron chi connectivity index (χ0n) is 6.87. The topological polar surface area (TPSA) is 51.8 Å². The van der Waals surface area contributed by atoms with Gasteiger partial charge in [0.25, 0.3) is 0 Å². The summed E-state index contributed by atoms with van der Waals surface area (Å²) >= 11 is 3.40. The molecule has 0 amide bonds. The number of halogens is 1. The van der Waals surface area contributed by atoms with Crippen molar-refractivity contribution in [1.82, 2.24) is 10.2 Å². The van der Waals surface area contributed by atoms with E-state index in [-0.39, 0.29) is 0 Å². The molecule has 2 rings (SSSR count). The number of nitrogens with two attached hydrogens (primary N) is 1. The molecule has 0 fully saturated rings. The van der Waals surface area contributed by atoms with Gasteiger partial charge in [-0.1, -0.05) is 15.9 Å². The standard InChI is InChI=1S/C9H8BrN3/c10-7-1-2-9-6(3-7)4-8(5-11)12-13-9/h1-4H,5,11H2. The predicted octanol–water partition coefficient (Wildman–Crippen LogP) is 1.85. The molecule has 0 aliphatic rings. The first-order valence-corrected chi connectivity index (χ1v) is 4.71. The van der Waals surface area contributed by atoms with E-state index in [9.17, 15) is 0 Å². The van der Waals surface area contributed by atoms with Crippen LogP contribution in [0.3, 0.4) is 0 Å². The van der Waals surface area contributed by atoms with Crippen molar-refractivity contribution in [2.24, 2.45) is 5.73 Å². The molecule has 0 saturated carbocycles. The highest BCUT2D eigenvalue weighted by Crippen LogP contribution is 2.17. The van der Waals surface area contributed by atoms with Crippen LogP contribution in [0.15, 0.2) is 28.7 Å². The van der Waals surface area contributed by atoms with Gasteiger partial charge in [0.2, 0.25) is 0 Å². The normalized spacial score (nSPS) is 10.6. The number of hydrogen-bond acceptors (Lipinski definition) is 3. The van der Waals surface area contributed by atoms with Crippen LogP contribution in [0.4, 0.5) is 0 Å². The van der Waals surface area contributed by atoms with Crippen molar-refractivity contribution >= 4 is 26.8 Å². The first-order chi connectivity index (χ1) is 6.29. The molecule has 0 bridgehead atoms. The Labute approximate surface area is 84.1 Å². The summed E-state index contributed by atoms with van der Waals surface area (Å²) < 4.78 is 1.04. The number of hydrogen-bond donors (Lipinski definition) is 1. The summed E-state index contributed by atoms with van der Waals surface area (Å²) in [5.74, 6) is 0. The molecule has 13 heavy (non-hydrogen) atoms. The van der Waals surface area contributed by atoms with Gasteiger partial charge in [0.1, 0.15) is 0 Å². The highest BCUT2D eigenvalue weighted by Gasteiger charge is 1.98. The third-order valence-corrected chi connectivity index (χ3v) is 2.30. The maximum atomic E-state index is 5.46. The van der Waals surface area contributed by atoms with Gasteiger partial charge in [0.15, 0.2) is 0 Å². The summed E-state index contributed by atoms with van der Waals surface area (Å²) in [4.78, 5) is 0. The Hall–Kier alpha value is -1.00. The van der Waals surface area contributed by atoms with Crippen molar-refractivity contribution in [2.75, 3.05) is 0 Å². The second kappa shape index (κ2) is 3.40. The Bertz CT molecular complexity index is 442. The molecule has 0 aliphatic carbocycles. The molecule has 66 valence electrons. The molecule has 0 aliphatic heterocycles. The minimum Gasteiger partial charge on any atom is -0.325 e. The van der Waals surface area contributed by atoms with E-state index in [4.69, 9.17) is 5.73 Å². The summed E-state index contributed by atoms with van der Waals surface area (Å²) in [6, 6.07) is 7.82. The van der Waals surface area contributed by atoms with Gasteiger partial charge in [-0.05, 0) is 24.3 Å². The van der Waals surface area contributed by atoms with Gasteiger partial charge in [-0.3, -0.25) is 0 Å². The van der Waals surface area contributed by atoms with Gasteiger partial charge < -0.3 is 5.73 Å². The van der Waals surface area contributed by atoms with Gasteiger partial charge in [0, 0.05) is 16.4 Å². The van der Waals surface area contributed by atoms with Gasteiger partial charge in [-0.2, -0.15) is 10.2 Å². The molecule has 1 aromatic carbocycles. The molecule has 0 radical (unpaired) electrons. The van der Waals surface area contributed by atoms with E-state index in [0.29, 0.717) is 6.54 Å². The zero-order valence-corrected chi connectivity index (χ0v) is 8.45. The van der Waals surface area contributed by atoms with Gasteiger partial charge in [0.05, 0.1) is 11.2 Å². The molecule has 3 nitrogen and oxygen atoms in total. The van der Waals surface area contributed by atoms with Crippen molar-refractivity contribution in [3.8, 4) is 0 Å². The average Bonchev–Trinajstić information content (AvgIpc) is 2.16. The molecule has 2 N–H and O–H groups in total. The summed E-state index contributed by atoms with van der Waals surface area (Å²) in [5.41, 5.74) is 7.16. The molecule has 0 spiro atoms. The largest absolute Gasteiger partial charge is 0.325 e. The third kappa shape index (κ3) is 1.68. The fourth-order valence-electron chi connectivity index (χ4n) is 1.16. The lowest BCUT2D eigenvalue weighted by Crippen LogP contribution is -2.00. The third-order valence-electron chi connectivity index (χ3n) is 1.81. The van der Waals surface area contributed by atoms with Crippen LogP contribution < -0.4 is 5.73 Å². The first kappa shape index (κ1) is 8.59. The molecule has 0 atom stereocenters. The lowest BCUT2D eigenvalue weighted by Gasteiger charge is -1.99.